The molecule has 3 rings (SSSR count). The molecule has 0 aliphatic carbocycles. The molecule has 238 valence electrons. The summed E-state index contributed by atoms with van der Waals surface area (Å²) in [7, 11) is 2.60. The van der Waals surface area contributed by atoms with Crippen molar-refractivity contribution in [3.63, 3.8) is 0 Å². The van der Waals surface area contributed by atoms with Crippen molar-refractivity contribution in [2.45, 2.75) is 37.0 Å². The summed E-state index contributed by atoms with van der Waals surface area (Å²) in [5.41, 5.74) is 6.32. The topological polar surface area (TPSA) is 246 Å². The Kier molecular flexibility index (Phi) is 11.8. The summed E-state index contributed by atoms with van der Waals surface area (Å²) in [5, 5.41) is 62.4. The Morgan fingerprint density at radius 1 is 1.23 bits per heavy atom. The lowest BCUT2D eigenvalue weighted by atomic mass is 9.83. The lowest BCUT2D eigenvalue weighted by molar-refractivity contribution is -0.338. The number of aliphatic hydroxyl groups excluding tert-OH is 5. The predicted octanol–water partition coefficient (Wildman–Crippen LogP) is -2.74. The van der Waals surface area contributed by atoms with Gasteiger partial charge in [0.2, 0.25) is 6.29 Å². The van der Waals surface area contributed by atoms with E-state index in [1.807, 2.05) is 0 Å². The zero-order valence-electron chi connectivity index (χ0n) is 23.6. The smallest absolute Gasteiger partial charge is 0.339 e. The number of allylic oxidation sites excluding steroid dienone is 1. The van der Waals surface area contributed by atoms with Crippen molar-refractivity contribution >= 4 is 17.9 Å². The minimum Gasteiger partial charge on any atom is -0.478 e. The number of carbonyl (C=O) groups excluding carboxylic acids is 1. The molecular formula is C27H38N4O12. The van der Waals surface area contributed by atoms with Gasteiger partial charge >= 0.3 is 11.9 Å². The molecule has 0 aromatic carbocycles. The molecule has 0 aromatic heterocycles. The Morgan fingerprint density at radius 3 is 2.53 bits per heavy atom. The third-order valence-corrected chi connectivity index (χ3v) is 7.12. The zero-order chi connectivity index (χ0) is 31.8. The first kappa shape index (κ1) is 33.7. The van der Waals surface area contributed by atoms with Crippen LogP contribution in [0, 0.1) is 11.8 Å². The Labute approximate surface area is 247 Å². The summed E-state index contributed by atoms with van der Waals surface area (Å²) >= 11 is 0. The Balaban J connectivity index is 2.02. The van der Waals surface area contributed by atoms with Gasteiger partial charge in [-0.2, -0.15) is 0 Å². The number of esters is 1. The Hall–Kier alpha value is -3.77. The lowest BCUT2D eigenvalue weighted by Crippen LogP contribution is -2.60. The van der Waals surface area contributed by atoms with Crippen LogP contribution in [0.2, 0.25) is 0 Å². The zero-order valence-corrected chi connectivity index (χ0v) is 23.6. The Morgan fingerprint density at radius 2 is 1.95 bits per heavy atom. The van der Waals surface area contributed by atoms with Crippen LogP contribution in [0.25, 0.3) is 0 Å². The van der Waals surface area contributed by atoms with Crippen molar-refractivity contribution in [3.8, 4) is 0 Å². The van der Waals surface area contributed by atoms with E-state index in [2.05, 4.69) is 16.9 Å². The van der Waals surface area contributed by atoms with E-state index < -0.39 is 67.4 Å². The van der Waals surface area contributed by atoms with Gasteiger partial charge in [-0.25, -0.2) is 9.59 Å². The van der Waals surface area contributed by atoms with Gasteiger partial charge in [-0.3, -0.25) is 4.99 Å². The van der Waals surface area contributed by atoms with Crippen molar-refractivity contribution in [2.24, 2.45) is 22.6 Å². The number of aliphatic hydroxyl groups is 5. The molecule has 1 fully saturated rings. The fourth-order valence-electron chi connectivity index (χ4n) is 4.80. The molecule has 1 saturated heterocycles. The molecule has 3 aliphatic rings. The number of methoxy groups -OCH3 is 1. The minimum absolute atomic E-state index is 0.0539. The molecule has 0 unspecified atom stereocenters. The van der Waals surface area contributed by atoms with Crippen LogP contribution in [0.5, 0.6) is 0 Å². The van der Waals surface area contributed by atoms with E-state index in [4.69, 9.17) is 24.7 Å². The third-order valence-electron chi connectivity index (χ3n) is 7.12. The van der Waals surface area contributed by atoms with E-state index in [1.165, 1.54) is 26.4 Å². The van der Waals surface area contributed by atoms with Crippen LogP contribution in [-0.4, -0.2) is 131 Å². The van der Waals surface area contributed by atoms with Gasteiger partial charge in [0.05, 0.1) is 49.3 Å². The van der Waals surface area contributed by atoms with Gasteiger partial charge in [0, 0.05) is 32.3 Å². The largest absolute Gasteiger partial charge is 0.478 e. The molecule has 0 saturated carbocycles. The van der Waals surface area contributed by atoms with Gasteiger partial charge in [-0.1, -0.05) is 18.2 Å². The molecule has 3 aliphatic heterocycles. The highest BCUT2D eigenvalue weighted by molar-refractivity contribution is 5.95. The highest BCUT2D eigenvalue weighted by Crippen LogP contribution is 2.36. The van der Waals surface area contributed by atoms with Crippen LogP contribution in [0.3, 0.4) is 0 Å². The maximum absolute atomic E-state index is 12.7. The van der Waals surface area contributed by atoms with E-state index in [1.54, 1.807) is 17.1 Å². The van der Waals surface area contributed by atoms with E-state index >= 15 is 0 Å². The van der Waals surface area contributed by atoms with Gasteiger partial charge in [0.25, 0.3) is 0 Å². The number of nitrogens with two attached hydrogens (primary N) is 1. The first-order valence-corrected chi connectivity index (χ1v) is 13.2. The van der Waals surface area contributed by atoms with E-state index in [0.29, 0.717) is 5.57 Å². The van der Waals surface area contributed by atoms with Gasteiger partial charge in [-0.15, -0.1) is 6.58 Å². The maximum atomic E-state index is 12.7. The molecule has 8 atom stereocenters. The fourth-order valence-corrected chi connectivity index (χ4v) is 4.80. The predicted molar refractivity (Wildman–Crippen MR) is 148 cm³/mol. The number of hydrogen-bond donors (Lipinski definition) is 8. The number of aliphatic carboxylic acids is 1. The van der Waals surface area contributed by atoms with Crippen molar-refractivity contribution < 1.29 is 59.2 Å². The quantitative estimate of drug-likeness (QED) is 0.0512. The van der Waals surface area contributed by atoms with E-state index in [0.717, 1.165) is 6.26 Å². The van der Waals surface area contributed by atoms with Crippen LogP contribution < -0.4 is 11.1 Å². The minimum atomic E-state index is -1.71. The molecule has 3 heterocycles. The molecule has 0 aromatic rings. The van der Waals surface area contributed by atoms with Crippen LogP contribution in [0.4, 0.5) is 0 Å². The lowest BCUT2D eigenvalue weighted by Gasteiger charge is -2.42. The molecule has 0 spiro atoms. The molecule has 9 N–H and O–H groups in total. The Bertz CT molecular complexity index is 1200. The second kappa shape index (κ2) is 15.1. The maximum Gasteiger partial charge on any atom is 0.339 e. The molecule has 16 heteroatoms. The number of β-amino-alcohol motifs (C(OH)–C–C–N with tert-alkyl or cyclic N) is 1. The van der Waals surface area contributed by atoms with Gasteiger partial charge < -0.3 is 65.5 Å². The number of hydrogen-bond acceptors (Lipinski definition) is 13. The van der Waals surface area contributed by atoms with Gasteiger partial charge in [-0.05, 0) is 5.57 Å². The first-order valence-electron chi connectivity index (χ1n) is 13.2. The first-order chi connectivity index (χ1) is 20.5. The van der Waals surface area contributed by atoms with Crippen molar-refractivity contribution in [1.29, 1.82) is 0 Å². The second-order valence-electron chi connectivity index (χ2n) is 9.78. The van der Waals surface area contributed by atoms with Crippen LogP contribution in [-0.2, 0) is 28.5 Å². The summed E-state index contributed by atoms with van der Waals surface area (Å²) in [6, 6.07) is 0. The molecular weight excluding hydrogens is 572 g/mol. The normalized spacial score (nSPS) is 31.7. The van der Waals surface area contributed by atoms with Crippen LogP contribution in [0.15, 0.2) is 64.7 Å². The van der Waals surface area contributed by atoms with Crippen LogP contribution >= 0.6 is 0 Å². The highest BCUT2D eigenvalue weighted by atomic mass is 16.8. The number of carboxylic acid groups (broad SMARTS) is 1. The summed E-state index contributed by atoms with van der Waals surface area (Å²) in [4.78, 5) is 30.3. The van der Waals surface area contributed by atoms with Gasteiger partial charge in [0.15, 0.2) is 12.2 Å². The number of aliphatic imine (C=N–C) groups is 1. The standard InChI is InChI=1S/C27H38N4O12/c1-4-14-15(6-5-13-9-31(7-8-32)10-16(23(37)38)19(13)30-27(28)29-2)17(24(39)40-3)12-41-25(14)43-26-22(36)21(35)20(34)18(11-33)42-26/h4-6,10,12,14-15,18,20-22,25-26,32-36H,1,7-9,11H2,2-3H3,(H,37,38)(H3,28,29,30)/b6-5+/t14-,15+,18-,20-,21+,22-,25+,26+/m1/s1. The van der Waals surface area contributed by atoms with Crippen molar-refractivity contribution in [1.82, 2.24) is 10.2 Å². The van der Waals surface area contributed by atoms with Gasteiger partial charge in [0.1, 0.15) is 24.4 Å². The summed E-state index contributed by atoms with van der Waals surface area (Å²) in [6.45, 7) is 3.19. The van der Waals surface area contributed by atoms with Crippen molar-refractivity contribution in [3.05, 3.63) is 59.7 Å². The molecule has 0 amide bonds. The second-order valence-corrected chi connectivity index (χ2v) is 9.78. The third kappa shape index (κ3) is 7.61. The number of rotatable bonds is 11. The number of ether oxygens (including phenoxy) is 4. The summed E-state index contributed by atoms with van der Waals surface area (Å²) < 4.78 is 21.8. The molecule has 0 bridgehead atoms. The average Bonchev–Trinajstić information content (AvgIpc) is 3.00. The molecule has 16 nitrogen and oxygen atoms in total. The highest BCUT2D eigenvalue weighted by Gasteiger charge is 2.47. The SMILES string of the molecule is C=C[C@H]1[C@H](O[C@@H]2O[C@H](CO)[C@@H](O)[C@H](O)[C@H]2O)OC=C(C(=O)OC)[C@H]1/C=C/C1=C(NC(N)=NC)C(C(=O)O)=CN(CCO)C1. The molecule has 0 radical (unpaired) electrons. The number of carboxylic acids is 1. The number of nitrogens with zero attached hydrogens (tertiary/aromatic N) is 2. The monoisotopic (exact) mass is 610 g/mol. The number of carbonyl (C=O) groups is 2. The van der Waals surface area contributed by atoms with E-state index in [-0.39, 0.29) is 42.5 Å². The van der Waals surface area contributed by atoms with E-state index in [9.17, 15) is 40.2 Å². The number of guanidine groups is 1. The van der Waals surface area contributed by atoms with Crippen molar-refractivity contribution in [2.75, 3.05) is 40.5 Å². The van der Waals surface area contributed by atoms with Crippen LogP contribution in [0.1, 0.15) is 0 Å². The average molecular weight is 611 g/mol. The molecule has 43 heavy (non-hydrogen) atoms. The summed E-state index contributed by atoms with van der Waals surface area (Å²) in [6.07, 6.45) is -1.97. The number of nitrogens with one attached hydrogen (secondary N) is 1. The summed E-state index contributed by atoms with van der Waals surface area (Å²) in [5.74, 6) is -3.74. The fraction of sp³-hybridized carbons (Fsp3) is 0.519.